The van der Waals surface area contributed by atoms with Crippen LogP contribution in [0, 0.1) is 3.57 Å². The van der Waals surface area contributed by atoms with Gasteiger partial charge in [0.2, 0.25) is 0 Å². The molecular weight excluding hydrogens is 273 g/mol. The summed E-state index contributed by atoms with van der Waals surface area (Å²) in [6.45, 7) is 2.25. The number of rotatable bonds is 3. The van der Waals surface area contributed by atoms with Gasteiger partial charge in [-0.1, -0.05) is 12.1 Å². The van der Waals surface area contributed by atoms with Gasteiger partial charge in [0.15, 0.2) is 0 Å². The normalized spacial score (nSPS) is 13.3. The monoisotopic (exact) mass is 289 g/mol. The largest absolute Gasteiger partial charge is 0.306 e. The second-order valence-corrected chi connectivity index (χ2v) is 4.89. The molecule has 2 heteroatoms. The third-order valence-electron chi connectivity index (χ3n) is 2.33. The van der Waals surface area contributed by atoms with Gasteiger partial charge in [-0.3, -0.25) is 0 Å². The highest BCUT2D eigenvalue weighted by atomic mass is 127. The van der Waals surface area contributed by atoms with E-state index in [-0.39, 0.29) is 0 Å². The number of nitrogens with zero attached hydrogens (tertiary/aromatic N) is 1. The lowest BCUT2D eigenvalue weighted by molar-refractivity contribution is 0.312. The minimum absolute atomic E-state index is 0.611. The van der Waals surface area contributed by atoms with Gasteiger partial charge in [-0.25, -0.2) is 0 Å². The molecule has 0 spiro atoms. The Bertz CT molecular complexity index is 253. The Morgan fingerprint density at radius 2 is 1.77 bits per heavy atom. The van der Waals surface area contributed by atoms with Crippen molar-refractivity contribution in [1.29, 1.82) is 0 Å². The summed E-state index contributed by atoms with van der Waals surface area (Å²) in [5, 5.41) is 0. The minimum Gasteiger partial charge on any atom is -0.306 e. The van der Waals surface area contributed by atoms with E-state index in [0.717, 1.165) is 6.42 Å². The second-order valence-electron chi connectivity index (χ2n) is 3.64. The highest BCUT2D eigenvalue weighted by molar-refractivity contribution is 14.1. The topological polar surface area (TPSA) is 3.24 Å². The first-order valence-electron chi connectivity index (χ1n) is 4.50. The maximum Gasteiger partial charge on any atom is 0.0130 e. The van der Waals surface area contributed by atoms with E-state index < -0.39 is 0 Å². The van der Waals surface area contributed by atoms with Crippen molar-refractivity contribution in [3.8, 4) is 0 Å². The first-order chi connectivity index (χ1) is 6.09. The molecule has 0 saturated heterocycles. The Labute approximate surface area is 94.3 Å². The molecule has 1 aromatic rings. The van der Waals surface area contributed by atoms with E-state index in [1.54, 1.807) is 0 Å². The van der Waals surface area contributed by atoms with Gasteiger partial charge < -0.3 is 4.90 Å². The first kappa shape index (κ1) is 11.0. The van der Waals surface area contributed by atoms with Crippen molar-refractivity contribution in [3.63, 3.8) is 0 Å². The number of halogens is 1. The molecule has 0 aliphatic rings. The van der Waals surface area contributed by atoms with E-state index in [1.165, 1.54) is 9.13 Å². The van der Waals surface area contributed by atoms with Gasteiger partial charge in [-0.05, 0) is 67.7 Å². The fraction of sp³-hybridized carbons (Fsp3) is 0.455. The summed E-state index contributed by atoms with van der Waals surface area (Å²) in [7, 11) is 4.24. The molecule has 72 valence electrons. The summed E-state index contributed by atoms with van der Waals surface area (Å²) in [5.74, 6) is 0. The Kier molecular flexibility index (Phi) is 4.19. The molecule has 0 fully saturated rings. The molecule has 0 N–H and O–H groups in total. The van der Waals surface area contributed by atoms with Gasteiger partial charge in [0.1, 0.15) is 0 Å². The van der Waals surface area contributed by atoms with Crippen LogP contribution < -0.4 is 0 Å². The van der Waals surface area contributed by atoms with Gasteiger partial charge >= 0.3 is 0 Å². The van der Waals surface area contributed by atoms with Crippen LogP contribution in [-0.4, -0.2) is 25.0 Å². The van der Waals surface area contributed by atoms with Gasteiger partial charge in [0, 0.05) is 9.61 Å². The molecule has 0 aromatic heterocycles. The quantitative estimate of drug-likeness (QED) is 0.773. The van der Waals surface area contributed by atoms with Crippen LogP contribution in [0.5, 0.6) is 0 Å². The predicted octanol–water partition coefficient (Wildman–Crippen LogP) is 2.78. The first-order valence-corrected chi connectivity index (χ1v) is 5.58. The maximum atomic E-state index is 2.33. The standard InChI is InChI=1S/C11H16IN/c1-9(13(2)3)8-10-4-6-11(12)7-5-10/h4-7,9H,8H2,1-3H3. The van der Waals surface area contributed by atoms with Crippen molar-refractivity contribution in [2.24, 2.45) is 0 Å². The fourth-order valence-electron chi connectivity index (χ4n) is 1.14. The molecule has 1 aromatic carbocycles. The highest BCUT2D eigenvalue weighted by Crippen LogP contribution is 2.10. The molecule has 1 unspecified atom stereocenters. The summed E-state index contributed by atoms with van der Waals surface area (Å²) in [6, 6.07) is 9.36. The molecule has 0 aliphatic carbocycles. The molecule has 0 radical (unpaired) electrons. The summed E-state index contributed by atoms with van der Waals surface area (Å²) >= 11 is 2.33. The van der Waals surface area contributed by atoms with E-state index in [9.17, 15) is 0 Å². The van der Waals surface area contributed by atoms with Crippen molar-refractivity contribution in [2.45, 2.75) is 19.4 Å². The zero-order valence-corrected chi connectivity index (χ0v) is 10.6. The Morgan fingerprint density at radius 1 is 1.23 bits per heavy atom. The molecule has 0 saturated carbocycles. The van der Waals surface area contributed by atoms with Crippen LogP contribution in [0.3, 0.4) is 0 Å². The Morgan fingerprint density at radius 3 is 2.23 bits per heavy atom. The number of likely N-dealkylation sites (N-methyl/N-ethyl adjacent to an activating group) is 1. The summed E-state index contributed by atoms with van der Waals surface area (Å²) in [4.78, 5) is 2.25. The van der Waals surface area contributed by atoms with Crippen molar-refractivity contribution in [3.05, 3.63) is 33.4 Å². The van der Waals surface area contributed by atoms with Crippen LogP contribution >= 0.6 is 22.6 Å². The average molecular weight is 289 g/mol. The van der Waals surface area contributed by atoms with Gasteiger partial charge in [-0.15, -0.1) is 0 Å². The summed E-state index contributed by atoms with van der Waals surface area (Å²) < 4.78 is 1.30. The molecule has 1 rings (SSSR count). The third-order valence-corrected chi connectivity index (χ3v) is 3.05. The SMILES string of the molecule is CC(Cc1ccc(I)cc1)N(C)C. The van der Waals surface area contributed by atoms with Crippen molar-refractivity contribution in [2.75, 3.05) is 14.1 Å². The smallest absolute Gasteiger partial charge is 0.0130 e. The Hall–Kier alpha value is -0.0900. The van der Waals surface area contributed by atoms with E-state index in [1.807, 2.05) is 0 Å². The van der Waals surface area contributed by atoms with E-state index >= 15 is 0 Å². The second kappa shape index (κ2) is 4.96. The lowest BCUT2D eigenvalue weighted by Gasteiger charge is -2.19. The van der Waals surface area contributed by atoms with E-state index in [0.29, 0.717) is 6.04 Å². The molecule has 1 atom stereocenters. The van der Waals surface area contributed by atoms with Crippen LogP contribution in [0.4, 0.5) is 0 Å². The molecular formula is C11H16IN. The molecule has 0 amide bonds. The number of benzene rings is 1. The lowest BCUT2D eigenvalue weighted by Crippen LogP contribution is -2.26. The van der Waals surface area contributed by atoms with Crippen LogP contribution in [0.2, 0.25) is 0 Å². The van der Waals surface area contributed by atoms with Gasteiger partial charge in [0.25, 0.3) is 0 Å². The number of hydrogen-bond acceptors (Lipinski definition) is 1. The Balaban J connectivity index is 2.59. The van der Waals surface area contributed by atoms with Crippen molar-refractivity contribution < 1.29 is 0 Å². The predicted molar refractivity (Wildman–Crippen MR) is 66.0 cm³/mol. The molecule has 0 aliphatic heterocycles. The van der Waals surface area contributed by atoms with Crippen molar-refractivity contribution >= 4 is 22.6 Å². The average Bonchev–Trinajstić information content (AvgIpc) is 2.08. The molecule has 0 heterocycles. The van der Waals surface area contributed by atoms with Gasteiger partial charge in [-0.2, -0.15) is 0 Å². The van der Waals surface area contributed by atoms with Gasteiger partial charge in [0.05, 0.1) is 0 Å². The highest BCUT2D eigenvalue weighted by Gasteiger charge is 2.04. The summed E-state index contributed by atoms with van der Waals surface area (Å²) in [6.07, 6.45) is 1.13. The molecule has 1 nitrogen and oxygen atoms in total. The maximum absolute atomic E-state index is 2.33. The van der Waals surface area contributed by atoms with Crippen LogP contribution in [0.25, 0.3) is 0 Å². The zero-order chi connectivity index (χ0) is 9.84. The van der Waals surface area contributed by atoms with Crippen LogP contribution in [0.15, 0.2) is 24.3 Å². The number of hydrogen-bond donors (Lipinski definition) is 0. The van der Waals surface area contributed by atoms with E-state index in [4.69, 9.17) is 0 Å². The van der Waals surface area contributed by atoms with E-state index in [2.05, 4.69) is 72.8 Å². The fourth-order valence-corrected chi connectivity index (χ4v) is 1.50. The third kappa shape index (κ3) is 3.65. The molecule has 0 bridgehead atoms. The van der Waals surface area contributed by atoms with Crippen LogP contribution in [0.1, 0.15) is 12.5 Å². The zero-order valence-electron chi connectivity index (χ0n) is 8.42. The minimum atomic E-state index is 0.611. The van der Waals surface area contributed by atoms with Crippen LogP contribution in [-0.2, 0) is 6.42 Å². The lowest BCUT2D eigenvalue weighted by atomic mass is 10.1. The van der Waals surface area contributed by atoms with Crippen molar-refractivity contribution in [1.82, 2.24) is 4.90 Å². The molecule has 13 heavy (non-hydrogen) atoms. The summed E-state index contributed by atoms with van der Waals surface area (Å²) in [5.41, 5.74) is 1.42.